The van der Waals surface area contributed by atoms with Crippen LogP contribution in [0.4, 0.5) is 0 Å². The molecule has 1 aromatic heterocycles. The number of hydrogen-bond donors (Lipinski definition) is 0. The van der Waals surface area contributed by atoms with Gasteiger partial charge in [0.25, 0.3) is 5.91 Å². The van der Waals surface area contributed by atoms with Crippen LogP contribution in [0.5, 0.6) is 0 Å². The predicted molar refractivity (Wildman–Crippen MR) is 61.9 cm³/mol. The minimum Gasteiger partial charge on any atom is -0.467 e. The summed E-state index contributed by atoms with van der Waals surface area (Å²) in [6.07, 6.45) is 8.24. The molecule has 0 unspecified atom stereocenters. The van der Waals surface area contributed by atoms with Crippen LogP contribution in [0.3, 0.4) is 0 Å². The average molecular weight is 233 g/mol. The molecule has 0 radical (unpaired) electrons. The molecule has 1 atom stereocenters. The summed E-state index contributed by atoms with van der Waals surface area (Å²) in [5, 5.41) is 0. The van der Waals surface area contributed by atoms with Gasteiger partial charge in [0.1, 0.15) is 11.9 Å². The largest absolute Gasteiger partial charge is 0.467 e. The van der Waals surface area contributed by atoms with Gasteiger partial charge in [0.2, 0.25) is 0 Å². The Labute approximate surface area is 101 Å². The third-order valence-electron chi connectivity index (χ3n) is 2.73. The second-order valence-electron chi connectivity index (χ2n) is 3.98. The van der Waals surface area contributed by atoms with E-state index in [1.165, 1.54) is 0 Å². The smallest absolute Gasteiger partial charge is 0.252 e. The van der Waals surface area contributed by atoms with Gasteiger partial charge in [-0.3, -0.25) is 4.79 Å². The van der Waals surface area contributed by atoms with E-state index in [4.69, 9.17) is 15.6 Å². The van der Waals surface area contributed by atoms with E-state index >= 15 is 0 Å². The molecule has 1 fully saturated rings. The lowest BCUT2D eigenvalue weighted by Gasteiger charge is -2.22. The molecule has 0 saturated carbocycles. The van der Waals surface area contributed by atoms with Crippen molar-refractivity contribution in [3.8, 4) is 12.3 Å². The van der Waals surface area contributed by atoms with Crippen molar-refractivity contribution in [1.29, 1.82) is 0 Å². The van der Waals surface area contributed by atoms with Crippen molar-refractivity contribution < 1.29 is 13.9 Å². The first-order valence-electron chi connectivity index (χ1n) is 5.67. The van der Waals surface area contributed by atoms with Crippen LogP contribution in [0.25, 0.3) is 0 Å². The van der Waals surface area contributed by atoms with E-state index in [1.54, 1.807) is 17.2 Å². The molecule has 90 valence electrons. The van der Waals surface area contributed by atoms with Crippen LogP contribution >= 0.6 is 0 Å². The number of carbonyl (C=O) groups is 1. The second-order valence-corrected chi connectivity index (χ2v) is 3.98. The highest BCUT2D eigenvalue weighted by atomic mass is 16.5. The number of terminal acetylenes is 1. The Balaban J connectivity index is 2.01. The zero-order valence-corrected chi connectivity index (χ0v) is 9.59. The SMILES string of the molecule is C#CCN(Cc1ccco1)C(=O)[C@H]1CCCO1. The molecule has 1 aliphatic rings. The van der Waals surface area contributed by atoms with Gasteiger partial charge in [-0.25, -0.2) is 0 Å². The highest BCUT2D eigenvalue weighted by Gasteiger charge is 2.28. The van der Waals surface area contributed by atoms with Crippen LogP contribution in [0.2, 0.25) is 0 Å². The third-order valence-corrected chi connectivity index (χ3v) is 2.73. The van der Waals surface area contributed by atoms with E-state index in [9.17, 15) is 4.79 Å². The predicted octanol–water partition coefficient (Wildman–Crippen LogP) is 1.42. The summed E-state index contributed by atoms with van der Waals surface area (Å²) in [4.78, 5) is 13.7. The molecular weight excluding hydrogens is 218 g/mol. The molecule has 0 bridgehead atoms. The zero-order chi connectivity index (χ0) is 12.1. The number of rotatable bonds is 4. The molecule has 1 saturated heterocycles. The molecule has 1 amide bonds. The molecule has 17 heavy (non-hydrogen) atoms. The molecule has 0 N–H and O–H groups in total. The summed E-state index contributed by atoms with van der Waals surface area (Å²) >= 11 is 0. The maximum absolute atomic E-state index is 12.1. The minimum atomic E-state index is -0.335. The molecule has 0 aromatic carbocycles. The molecule has 2 heterocycles. The second kappa shape index (κ2) is 5.55. The highest BCUT2D eigenvalue weighted by Crippen LogP contribution is 2.16. The summed E-state index contributed by atoms with van der Waals surface area (Å²) < 4.78 is 10.6. The van der Waals surface area contributed by atoms with Gasteiger partial charge in [-0.05, 0) is 25.0 Å². The highest BCUT2D eigenvalue weighted by molar-refractivity contribution is 5.81. The van der Waals surface area contributed by atoms with Crippen LogP contribution in [0, 0.1) is 12.3 Å². The van der Waals surface area contributed by atoms with Gasteiger partial charge in [-0.15, -0.1) is 6.42 Å². The topological polar surface area (TPSA) is 42.7 Å². The fraction of sp³-hybridized carbons (Fsp3) is 0.462. The first-order valence-corrected chi connectivity index (χ1v) is 5.67. The van der Waals surface area contributed by atoms with Crippen LogP contribution in [-0.4, -0.2) is 30.1 Å². The van der Waals surface area contributed by atoms with Gasteiger partial charge in [-0.1, -0.05) is 5.92 Å². The lowest BCUT2D eigenvalue weighted by atomic mass is 10.2. The first kappa shape index (κ1) is 11.7. The van der Waals surface area contributed by atoms with E-state index in [-0.39, 0.29) is 18.6 Å². The number of nitrogens with zero attached hydrogens (tertiary/aromatic N) is 1. The molecule has 1 aromatic rings. The van der Waals surface area contributed by atoms with Crippen molar-refractivity contribution in [2.24, 2.45) is 0 Å². The third kappa shape index (κ3) is 2.89. The maximum atomic E-state index is 12.1. The van der Waals surface area contributed by atoms with Gasteiger partial charge in [0, 0.05) is 6.61 Å². The summed E-state index contributed by atoms with van der Waals surface area (Å²) in [6, 6.07) is 3.62. The van der Waals surface area contributed by atoms with Crippen LogP contribution < -0.4 is 0 Å². The summed E-state index contributed by atoms with van der Waals surface area (Å²) in [5.74, 6) is 3.18. The van der Waals surface area contributed by atoms with Crippen LogP contribution in [0.1, 0.15) is 18.6 Å². The number of furan rings is 1. The Morgan fingerprint density at radius 2 is 2.53 bits per heavy atom. The van der Waals surface area contributed by atoms with Crippen molar-refractivity contribution in [2.75, 3.05) is 13.2 Å². The average Bonchev–Trinajstić information content (AvgIpc) is 3.00. The first-order chi connectivity index (χ1) is 8.31. The van der Waals surface area contributed by atoms with Crippen molar-refractivity contribution in [3.05, 3.63) is 24.2 Å². The number of carbonyl (C=O) groups excluding carboxylic acids is 1. The molecule has 4 heteroatoms. The van der Waals surface area contributed by atoms with Gasteiger partial charge < -0.3 is 14.1 Å². The van der Waals surface area contributed by atoms with Gasteiger partial charge in [0.05, 0.1) is 19.4 Å². The Kier molecular flexibility index (Phi) is 3.84. The van der Waals surface area contributed by atoms with E-state index in [2.05, 4.69) is 5.92 Å². The maximum Gasteiger partial charge on any atom is 0.252 e. The van der Waals surface area contributed by atoms with Crippen molar-refractivity contribution in [1.82, 2.24) is 4.90 Å². The quantitative estimate of drug-likeness (QED) is 0.739. The summed E-state index contributed by atoms with van der Waals surface area (Å²) in [7, 11) is 0. The number of hydrogen-bond acceptors (Lipinski definition) is 3. The van der Waals surface area contributed by atoms with Crippen LogP contribution in [-0.2, 0) is 16.1 Å². The number of ether oxygens (including phenoxy) is 1. The molecule has 4 nitrogen and oxygen atoms in total. The molecule has 0 spiro atoms. The Hall–Kier alpha value is -1.73. The lowest BCUT2D eigenvalue weighted by molar-refractivity contribution is -0.141. The molecule has 2 rings (SSSR count). The summed E-state index contributed by atoms with van der Waals surface area (Å²) in [6.45, 7) is 1.33. The lowest BCUT2D eigenvalue weighted by Crippen LogP contribution is -2.38. The fourth-order valence-electron chi connectivity index (χ4n) is 1.89. The Bertz CT molecular complexity index is 399. The Morgan fingerprint density at radius 1 is 1.65 bits per heavy atom. The van der Waals surface area contributed by atoms with Crippen molar-refractivity contribution in [3.63, 3.8) is 0 Å². The van der Waals surface area contributed by atoms with E-state index < -0.39 is 0 Å². The van der Waals surface area contributed by atoms with Crippen molar-refractivity contribution in [2.45, 2.75) is 25.5 Å². The van der Waals surface area contributed by atoms with Crippen LogP contribution in [0.15, 0.2) is 22.8 Å². The van der Waals surface area contributed by atoms with E-state index in [0.717, 1.165) is 18.6 Å². The zero-order valence-electron chi connectivity index (χ0n) is 9.59. The van der Waals surface area contributed by atoms with E-state index in [0.29, 0.717) is 13.2 Å². The normalized spacial score (nSPS) is 18.9. The van der Waals surface area contributed by atoms with Gasteiger partial charge in [-0.2, -0.15) is 0 Å². The number of amides is 1. The minimum absolute atomic E-state index is 0.0446. The van der Waals surface area contributed by atoms with Gasteiger partial charge in [0.15, 0.2) is 0 Å². The standard InChI is InChI=1S/C13H15NO3/c1-2-7-14(10-11-5-3-8-16-11)13(15)12-6-4-9-17-12/h1,3,5,8,12H,4,6-7,9-10H2/t12-/m1/s1. The molecule has 1 aliphatic heterocycles. The Morgan fingerprint density at radius 3 is 3.12 bits per heavy atom. The van der Waals surface area contributed by atoms with E-state index in [1.807, 2.05) is 6.07 Å². The molecule has 0 aliphatic carbocycles. The summed E-state index contributed by atoms with van der Waals surface area (Å²) in [5.41, 5.74) is 0. The van der Waals surface area contributed by atoms with Gasteiger partial charge >= 0.3 is 0 Å². The fourth-order valence-corrected chi connectivity index (χ4v) is 1.89. The monoisotopic (exact) mass is 233 g/mol. The molecular formula is C13H15NO3. The van der Waals surface area contributed by atoms with Crippen molar-refractivity contribution >= 4 is 5.91 Å².